The van der Waals surface area contributed by atoms with E-state index in [-0.39, 0.29) is 11.3 Å². The third kappa shape index (κ3) is 2.96. The highest BCUT2D eigenvalue weighted by molar-refractivity contribution is 9.10. The molecular weight excluding hydrogens is 354 g/mol. The Balaban J connectivity index is 1.86. The maximum atomic E-state index is 12.6. The lowest BCUT2D eigenvalue weighted by Gasteiger charge is -2.23. The zero-order chi connectivity index (χ0) is 14.8. The quantitative estimate of drug-likeness (QED) is 0.823. The van der Waals surface area contributed by atoms with Crippen molar-refractivity contribution >= 4 is 33.6 Å². The van der Waals surface area contributed by atoms with E-state index < -0.39 is 0 Å². The average molecular weight is 368 g/mol. The van der Waals surface area contributed by atoms with E-state index in [9.17, 15) is 4.79 Å². The maximum Gasteiger partial charge on any atom is 0.290 e. The van der Waals surface area contributed by atoms with Crippen LogP contribution in [0.15, 0.2) is 45.5 Å². The summed E-state index contributed by atoms with van der Waals surface area (Å²) in [6, 6.07) is 11.3. The molecule has 2 heterocycles. The summed E-state index contributed by atoms with van der Waals surface area (Å²) in [5.41, 5.74) is 1.07. The van der Waals surface area contributed by atoms with Crippen molar-refractivity contribution in [2.45, 2.75) is 5.37 Å². The first-order chi connectivity index (χ1) is 10.2. The highest BCUT2D eigenvalue weighted by atomic mass is 79.9. The van der Waals surface area contributed by atoms with Crippen LogP contribution in [0.2, 0.25) is 0 Å². The topological polar surface area (TPSA) is 42.7 Å². The molecule has 0 saturated carbocycles. The number of halogens is 1. The number of amides is 1. The molecule has 0 bridgehead atoms. The summed E-state index contributed by atoms with van der Waals surface area (Å²) in [6.07, 6.45) is 0. The van der Waals surface area contributed by atoms with Crippen LogP contribution >= 0.6 is 27.7 Å². The van der Waals surface area contributed by atoms with Gasteiger partial charge in [0.25, 0.3) is 5.91 Å². The molecule has 1 atom stereocenters. The molecule has 0 radical (unpaired) electrons. The number of rotatable bonds is 3. The molecule has 1 aliphatic rings. The Kier molecular flexibility index (Phi) is 4.26. The van der Waals surface area contributed by atoms with E-state index in [1.807, 2.05) is 29.2 Å². The zero-order valence-corrected chi connectivity index (χ0v) is 13.8. The number of carbonyl (C=O) groups is 1. The lowest BCUT2D eigenvalue weighted by Crippen LogP contribution is -2.30. The predicted molar refractivity (Wildman–Crippen MR) is 85.6 cm³/mol. The number of furan rings is 1. The minimum absolute atomic E-state index is 0.00326. The first kappa shape index (κ1) is 14.5. The van der Waals surface area contributed by atoms with Gasteiger partial charge in [0.1, 0.15) is 11.1 Å². The Morgan fingerprint density at radius 2 is 2.29 bits per heavy atom. The fourth-order valence-electron chi connectivity index (χ4n) is 2.32. The van der Waals surface area contributed by atoms with Crippen molar-refractivity contribution in [1.82, 2.24) is 4.90 Å². The summed E-state index contributed by atoms with van der Waals surface area (Å²) in [6.45, 7) is 0.712. The number of thioether (sulfide) groups is 1. The van der Waals surface area contributed by atoms with Gasteiger partial charge in [-0.25, -0.2) is 0 Å². The fraction of sp³-hybridized carbons (Fsp3) is 0.267. The SMILES string of the molecule is COc1cccc([C@H]2SCCN2C(=O)c2ccc(Br)o2)c1. The molecule has 1 aromatic heterocycles. The summed E-state index contributed by atoms with van der Waals surface area (Å²) in [5.74, 6) is 1.99. The van der Waals surface area contributed by atoms with Gasteiger partial charge in [0, 0.05) is 12.3 Å². The largest absolute Gasteiger partial charge is 0.497 e. The summed E-state index contributed by atoms with van der Waals surface area (Å²) < 4.78 is 11.2. The molecular formula is C15H14BrNO3S. The Hall–Kier alpha value is -1.40. The summed E-state index contributed by atoms with van der Waals surface area (Å²) in [7, 11) is 1.64. The molecule has 3 rings (SSSR count). The van der Waals surface area contributed by atoms with Crippen molar-refractivity contribution in [3.05, 3.63) is 52.4 Å². The molecule has 1 saturated heterocycles. The second-order valence-corrected chi connectivity index (χ2v) is 6.57. The van der Waals surface area contributed by atoms with Crippen LogP contribution in [0.5, 0.6) is 5.75 Å². The van der Waals surface area contributed by atoms with E-state index in [0.717, 1.165) is 17.1 Å². The van der Waals surface area contributed by atoms with E-state index in [4.69, 9.17) is 9.15 Å². The van der Waals surface area contributed by atoms with Crippen molar-refractivity contribution < 1.29 is 13.9 Å². The van der Waals surface area contributed by atoms with E-state index >= 15 is 0 Å². The van der Waals surface area contributed by atoms with Gasteiger partial charge in [0.05, 0.1) is 7.11 Å². The van der Waals surface area contributed by atoms with E-state index in [1.165, 1.54) is 0 Å². The van der Waals surface area contributed by atoms with Gasteiger partial charge < -0.3 is 14.1 Å². The van der Waals surface area contributed by atoms with E-state index in [2.05, 4.69) is 15.9 Å². The Morgan fingerprint density at radius 3 is 3.00 bits per heavy atom. The van der Waals surface area contributed by atoms with Crippen LogP contribution in [0.25, 0.3) is 0 Å². The van der Waals surface area contributed by atoms with Crippen molar-refractivity contribution in [2.75, 3.05) is 19.4 Å². The lowest BCUT2D eigenvalue weighted by molar-refractivity contribution is 0.0726. The van der Waals surface area contributed by atoms with Gasteiger partial charge >= 0.3 is 0 Å². The van der Waals surface area contributed by atoms with Gasteiger partial charge in [-0.1, -0.05) is 12.1 Å². The van der Waals surface area contributed by atoms with Gasteiger partial charge in [-0.3, -0.25) is 4.79 Å². The Labute approximate surface area is 135 Å². The van der Waals surface area contributed by atoms with Crippen LogP contribution in [0.1, 0.15) is 21.5 Å². The smallest absolute Gasteiger partial charge is 0.290 e. The molecule has 0 unspecified atom stereocenters. The predicted octanol–water partition coefficient (Wildman–Crippen LogP) is 3.94. The van der Waals surface area contributed by atoms with Gasteiger partial charge in [0.2, 0.25) is 0 Å². The average Bonchev–Trinajstić information content (AvgIpc) is 3.15. The molecule has 0 spiro atoms. The van der Waals surface area contributed by atoms with Crippen LogP contribution in [-0.4, -0.2) is 30.2 Å². The third-order valence-electron chi connectivity index (χ3n) is 3.31. The van der Waals surface area contributed by atoms with Gasteiger partial charge in [-0.2, -0.15) is 0 Å². The van der Waals surface area contributed by atoms with Crippen molar-refractivity contribution in [3.8, 4) is 5.75 Å². The normalized spacial score (nSPS) is 18.0. The molecule has 2 aromatic rings. The number of carbonyl (C=O) groups excluding carboxylic acids is 1. The van der Waals surface area contributed by atoms with Crippen LogP contribution in [0, 0.1) is 0 Å². The third-order valence-corrected chi connectivity index (χ3v) is 5.00. The van der Waals surface area contributed by atoms with E-state index in [0.29, 0.717) is 17.0 Å². The van der Waals surface area contributed by atoms with Crippen LogP contribution < -0.4 is 4.74 Å². The molecule has 21 heavy (non-hydrogen) atoms. The highest BCUT2D eigenvalue weighted by Crippen LogP contribution is 2.39. The minimum Gasteiger partial charge on any atom is -0.497 e. The number of ether oxygens (including phenoxy) is 1. The number of hydrogen-bond donors (Lipinski definition) is 0. The molecule has 110 valence electrons. The molecule has 0 aliphatic carbocycles. The number of hydrogen-bond acceptors (Lipinski definition) is 4. The van der Waals surface area contributed by atoms with Crippen LogP contribution in [0.3, 0.4) is 0 Å². The first-order valence-electron chi connectivity index (χ1n) is 6.51. The van der Waals surface area contributed by atoms with Crippen LogP contribution in [-0.2, 0) is 0 Å². The van der Waals surface area contributed by atoms with Crippen molar-refractivity contribution in [2.24, 2.45) is 0 Å². The second kappa shape index (κ2) is 6.15. The molecule has 1 aromatic carbocycles. The molecule has 6 heteroatoms. The van der Waals surface area contributed by atoms with Gasteiger partial charge in [-0.15, -0.1) is 11.8 Å². The van der Waals surface area contributed by atoms with E-state index in [1.54, 1.807) is 31.0 Å². The standard InChI is InChI=1S/C15H14BrNO3S/c1-19-11-4-2-3-10(9-11)15-17(7-8-21-15)14(18)12-5-6-13(16)20-12/h2-6,9,15H,7-8H2,1H3/t15-/m1/s1. The molecule has 1 aliphatic heterocycles. The molecule has 1 amide bonds. The molecule has 4 nitrogen and oxygen atoms in total. The first-order valence-corrected chi connectivity index (χ1v) is 8.35. The van der Waals surface area contributed by atoms with Gasteiger partial charge in [-0.05, 0) is 45.8 Å². The maximum absolute atomic E-state index is 12.6. The zero-order valence-electron chi connectivity index (χ0n) is 11.4. The molecule has 0 N–H and O–H groups in total. The fourth-order valence-corrected chi connectivity index (χ4v) is 3.87. The highest BCUT2D eigenvalue weighted by Gasteiger charge is 2.32. The minimum atomic E-state index is -0.0847. The van der Waals surface area contributed by atoms with Crippen LogP contribution in [0.4, 0.5) is 0 Å². The lowest BCUT2D eigenvalue weighted by atomic mass is 10.2. The van der Waals surface area contributed by atoms with Gasteiger partial charge in [0.15, 0.2) is 10.4 Å². The number of nitrogens with zero attached hydrogens (tertiary/aromatic N) is 1. The number of methoxy groups -OCH3 is 1. The number of benzene rings is 1. The monoisotopic (exact) mass is 367 g/mol. The van der Waals surface area contributed by atoms with Crippen molar-refractivity contribution in [3.63, 3.8) is 0 Å². The summed E-state index contributed by atoms with van der Waals surface area (Å²) in [5, 5.41) is -0.00326. The molecule has 1 fully saturated rings. The summed E-state index contributed by atoms with van der Waals surface area (Å²) in [4.78, 5) is 14.4. The Bertz CT molecular complexity index is 658. The summed E-state index contributed by atoms with van der Waals surface area (Å²) >= 11 is 4.98. The van der Waals surface area contributed by atoms with Crippen molar-refractivity contribution in [1.29, 1.82) is 0 Å². The second-order valence-electron chi connectivity index (χ2n) is 4.60. The Morgan fingerprint density at radius 1 is 1.43 bits per heavy atom.